The van der Waals surface area contributed by atoms with Gasteiger partial charge in [-0.2, -0.15) is 0 Å². The molecule has 0 bridgehead atoms. The summed E-state index contributed by atoms with van der Waals surface area (Å²) in [5.74, 6) is 0.730. The Bertz CT molecular complexity index is 248. The highest BCUT2D eigenvalue weighted by atomic mass is 15.4. The minimum absolute atomic E-state index is 0.159. The van der Waals surface area contributed by atoms with Gasteiger partial charge < -0.3 is 10.6 Å². The van der Waals surface area contributed by atoms with E-state index in [9.17, 15) is 0 Å². The van der Waals surface area contributed by atoms with E-state index in [0.717, 1.165) is 12.5 Å². The van der Waals surface area contributed by atoms with E-state index in [1.165, 1.54) is 32.1 Å². The molecule has 0 spiro atoms. The molecule has 0 aliphatic carbocycles. The average Bonchev–Trinajstić information content (AvgIpc) is 2.50. The summed E-state index contributed by atoms with van der Waals surface area (Å²) in [6, 6.07) is 0.447. The zero-order valence-corrected chi connectivity index (χ0v) is 11.3. The molecule has 0 saturated carbocycles. The molecule has 0 aromatic carbocycles. The van der Waals surface area contributed by atoms with Crippen LogP contribution in [0, 0.1) is 0 Å². The molecule has 1 aliphatic heterocycles. The molecule has 0 aromatic rings. The quantitative estimate of drug-likeness (QED) is 0.706. The predicted molar refractivity (Wildman–Crippen MR) is 70.6 cm³/mol. The number of nitrogens with zero attached hydrogens (tertiary/aromatic N) is 2. The molecule has 2 N–H and O–H groups in total. The third kappa shape index (κ3) is 2.89. The summed E-state index contributed by atoms with van der Waals surface area (Å²) >= 11 is 0. The lowest BCUT2D eigenvalue weighted by atomic mass is 9.92. The van der Waals surface area contributed by atoms with Gasteiger partial charge in [-0.1, -0.05) is 32.6 Å². The van der Waals surface area contributed by atoms with Crippen LogP contribution in [0.3, 0.4) is 0 Å². The van der Waals surface area contributed by atoms with Gasteiger partial charge in [0, 0.05) is 6.04 Å². The Hall–Kier alpha value is -0.730. The third-order valence-corrected chi connectivity index (χ3v) is 3.50. The zero-order chi connectivity index (χ0) is 12.2. The maximum absolute atomic E-state index is 5.96. The predicted octanol–water partition coefficient (Wildman–Crippen LogP) is 2.75. The second-order valence-electron chi connectivity index (χ2n) is 5.45. The molecule has 1 aliphatic rings. The van der Waals surface area contributed by atoms with Crippen molar-refractivity contribution < 1.29 is 0 Å². The van der Waals surface area contributed by atoms with Gasteiger partial charge in [-0.05, 0) is 27.2 Å². The van der Waals surface area contributed by atoms with Crippen LogP contribution >= 0.6 is 0 Å². The van der Waals surface area contributed by atoms with Crippen molar-refractivity contribution in [1.29, 1.82) is 0 Å². The number of hydrogen-bond donors (Lipinski definition) is 1. The highest BCUT2D eigenvalue weighted by Gasteiger charge is 2.38. The minimum atomic E-state index is 0.159. The first-order valence-electron chi connectivity index (χ1n) is 6.60. The standard InChI is InChI=1S/C13H27N3/c1-5-6-7-8-9-13(4)10-15-12(14)16(13)11(2)3/h11H,5-10H2,1-4H3,(H2,14,15). The maximum Gasteiger partial charge on any atom is 0.192 e. The van der Waals surface area contributed by atoms with Crippen LogP contribution in [-0.2, 0) is 0 Å². The molecule has 3 nitrogen and oxygen atoms in total. The molecule has 1 atom stereocenters. The van der Waals surface area contributed by atoms with Gasteiger partial charge >= 0.3 is 0 Å². The van der Waals surface area contributed by atoms with Crippen molar-refractivity contribution in [2.45, 2.75) is 71.4 Å². The van der Waals surface area contributed by atoms with Gasteiger partial charge in [0.05, 0.1) is 12.1 Å². The van der Waals surface area contributed by atoms with E-state index in [4.69, 9.17) is 5.73 Å². The van der Waals surface area contributed by atoms with E-state index < -0.39 is 0 Å². The number of nitrogens with two attached hydrogens (primary N) is 1. The molecule has 0 aromatic heterocycles. The lowest BCUT2D eigenvalue weighted by Crippen LogP contribution is -2.52. The van der Waals surface area contributed by atoms with Crippen molar-refractivity contribution in [3.05, 3.63) is 0 Å². The van der Waals surface area contributed by atoms with Crippen molar-refractivity contribution in [1.82, 2.24) is 4.90 Å². The lowest BCUT2D eigenvalue weighted by molar-refractivity contribution is 0.167. The summed E-state index contributed by atoms with van der Waals surface area (Å²) in [6.07, 6.45) is 6.46. The fourth-order valence-electron chi connectivity index (χ4n) is 2.70. The summed E-state index contributed by atoms with van der Waals surface area (Å²) in [5, 5.41) is 0. The molecule has 94 valence electrons. The Kier molecular flexibility index (Phi) is 4.63. The Balaban J connectivity index is 2.50. The number of rotatable bonds is 6. The molecule has 1 unspecified atom stereocenters. The molecule has 0 saturated heterocycles. The van der Waals surface area contributed by atoms with Crippen LogP contribution in [0.5, 0.6) is 0 Å². The Morgan fingerprint density at radius 2 is 2.06 bits per heavy atom. The maximum atomic E-state index is 5.96. The van der Waals surface area contributed by atoms with E-state index in [-0.39, 0.29) is 5.54 Å². The molecule has 1 heterocycles. The van der Waals surface area contributed by atoms with Gasteiger partial charge in [0.1, 0.15) is 0 Å². The van der Waals surface area contributed by atoms with Crippen LogP contribution in [0.4, 0.5) is 0 Å². The lowest BCUT2D eigenvalue weighted by Gasteiger charge is -2.39. The number of hydrogen-bond acceptors (Lipinski definition) is 3. The SMILES string of the molecule is CCCCCCC1(C)CN=C(N)N1C(C)C. The Morgan fingerprint density at radius 1 is 1.38 bits per heavy atom. The summed E-state index contributed by atoms with van der Waals surface area (Å²) < 4.78 is 0. The van der Waals surface area contributed by atoms with E-state index in [1.807, 2.05) is 0 Å². The smallest absolute Gasteiger partial charge is 0.192 e. The van der Waals surface area contributed by atoms with Crippen LogP contribution in [0.1, 0.15) is 59.8 Å². The topological polar surface area (TPSA) is 41.6 Å². The fourth-order valence-corrected chi connectivity index (χ4v) is 2.70. The second kappa shape index (κ2) is 5.55. The van der Waals surface area contributed by atoms with E-state index in [0.29, 0.717) is 6.04 Å². The number of aliphatic imine (C=N–C) groups is 1. The first kappa shape index (κ1) is 13.3. The largest absolute Gasteiger partial charge is 0.370 e. The fraction of sp³-hybridized carbons (Fsp3) is 0.923. The van der Waals surface area contributed by atoms with Gasteiger partial charge in [-0.25, -0.2) is 0 Å². The summed E-state index contributed by atoms with van der Waals surface area (Å²) in [5.41, 5.74) is 6.12. The first-order valence-corrected chi connectivity index (χ1v) is 6.60. The molecule has 0 fully saturated rings. The Labute approximate surface area is 100 Å². The van der Waals surface area contributed by atoms with Gasteiger partial charge in [-0.15, -0.1) is 0 Å². The molecule has 0 amide bonds. The third-order valence-electron chi connectivity index (χ3n) is 3.50. The molecule has 3 heteroatoms. The first-order chi connectivity index (χ1) is 7.51. The van der Waals surface area contributed by atoms with E-state index >= 15 is 0 Å². The van der Waals surface area contributed by atoms with E-state index in [2.05, 4.69) is 37.6 Å². The average molecular weight is 225 g/mol. The number of unbranched alkanes of at least 4 members (excludes halogenated alkanes) is 3. The molecular formula is C13H27N3. The highest BCUT2D eigenvalue weighted by Crippen LogP contribution is 2.29. The van der Waals surface area contributed by atoms with Crippen molar-refractivity contribution >= 4 is 5.96 Å². The van der Waals surface area contributed by atoms with Gasteiger partial charge in [0.15, 0.2) is 5.96 Å². The summed E-state index contributed by atoms with van der Waals surface area (Å²) in [6.45, 7) is 9.79. The van der Waals surface area contributed by atoms with Crippen molar-refractivity contribution in [2.75, 3.05) is 6.54 Å². The Morgan fingerprint density at radius 3 is 2.62 bits per heavy atom. The van der Waals surface area contributed by atoms with Crippen molar-refractivity contribution in [2.24, 2.45) is 10.7 Å². The van der Waals surface area contributed by atoms with Crippen molar-refractivity contribution in [3.8, 4) is 0 Å². The van der Waals surface area contributed by atoms with Crippen LogP contribution in [0.25, 0.3) is 0 Å². The van der Waals surface area contributed by atoms with Gasteiger partial charge in [0.2, 0.25) is 0 Å². The second-order valence-corrected chi connectivity index (χ2v) is 5.45. The van der Waals surface area contributed by atoms with Crippen molar-refractivity contribution in [3.63, 3.8) is 0 Å². The van der Waals surface area contributed by atoms with Crippen LogP contribution < -0.4 is 5.73 Å². The van der Waals surface area contributed by atoms with Crippen LogP contribution in [0.2, 0.25) is 0 Å². The number of guanidine groups is 1. The molecular weight excluding hydrogens is 198 g/mol. The summed E-state index contributed by atoms with van der Waals surface area (Å²) in [4.78, 5) is 6.70. The van der Waals surface area contributed by atoms with Gasteiger partial charge in [0.25, 0.3) is 0 Å². The van der Waals surface area contributed by atoms with E-state index in [1.54, 1.807) is 0 Å². The minimum Gasteiger partial charge on any atom is -0.370 e. The highest BCUT2D eigenvalue weighted by molar-refractivity contribution is 5.81. The summed E-state index contributed by atoms with van der Waals surface area (Å²) in [7, 11) is 0. The molecule has 0 radical (unpaired) electrons. The van der Waals surface area contributed by atoms with Crippen LogP contribution in [0.15, 0.2) is 4.99 Å². The van der Waals surface area contributed by atoms with Gasteiger partial charge in [-0.3, -0.25) is 4.99 Å². The molecule has 16 heavy (non-hydrogen) atoms. The monoisotopic (exact) mass is 225 g/mol. The normalized spacial score (nSPS) is 25.3. The molecule has 1 rings (SSSR count). The van der Waals surface area contributed by atoms with Crippen LogP contribution in [-0.4, -0.2) is 29.0 Å². The zero-order valence-electron chi connectivity index (χ0n) is 11.3.